The Hall–Kier alpha value is -3.19. The summed E-state index contributed by atoms with van der Waals surface area (Å²) in [5.74, 6) is 1.38. The Bertz CT molecular complexity index is 966. The minimum Gasteiger partial charge on any atom is -0.444 e. The first-order valence-electron chi connectivity index (χ1n) is 7.70. The lowest BCUT2D eigenvalue weighted by atomic mass is 10.2. The van der Waals surface area contributed by atoms with Crippen LogP contribution in [0.2, 0.25) is 0 Å². The van der Waals surface area contributed by atoms with E-state index >= 15 is 0 Å². The Morgan fingerprint density at radius 2 is 2.04 bits per heavy atom. The summed E-state index contributed by atoms with van der Waals surface area (Å²) >= 11 is 1.53. The molecule has 0 aliphatic carbocycles. The number of H-pyrrole nitrogens is 1. The molecule has 0 amide bonds. The van der Waals surface area contributed by atoms with Crippen LogP contribution in [0.1, 0.15) is 5.01 Å². The van der Waals surface area contributed by atoms with Crippen molar-refractivity contribution in [3.8, 4) is 22.1 Å². The number of aromatic amines is 1. The largest absolute Gasteiger partial charge is 0.444 e. The van der Waals surface area contributed by atoms with Gasteiger partial charge in [-0.05, 0) is 13.0 Å². The van der Waals surface area contributed by atoms with Crippen molar-refractivity contribution in [1.29, 1.82) is 0 Å². The second-order valence-electron chi connectivity index (χ2n) is 5.33. The molecule has 124 valence electrons. The van der Waals surface area contributed by atoms with Crippen molar-refractivity contribution in [3.63, 3.8) is 0 Å². The van der Waals surface area contributed by atoms with Crippen molar-refractivity contribution in [3.05, 3.63) is 66.1 Å². The minimum atomic E-state index is 0.682. The van der Waals surface area contributed by atoms with Crippen LogP contribution in [-0.4, -0.2) is 20.2 Å². The zero-order valence-corrected chi connectivity index (χ0v) is 14.2. The van der Waals surface area contributed by atoms with Gasteiger partial charge >= 0.3 is 0 Å². The molecule has 0 radical (unpaired) electrons. The molecule has 4 aromatic rings. The molecule has 3 heterocycles. The highest BCUT2D eigenvalue weighted by Gasteiger charge is 2.13. The molecule has 7 heteroatoms. The number of thiazole rings is 1. The van der Waals surface area contributed by atoms with Gasteiger partial charge < -0.3 is 10.1 Å². The van der Waals surface area contributed by atoms with Crippen LogP contribution < -0.4 is 10.1 Å². The van der Waals surface area contributed by atoms with Crippen molar-refractivity contribution >= 4 is 22.8 Å². The summed E-state index contributed by atoms with van der Waals surface area (Å²) in [5.41, 5.74) is 2.72. The van der Waals surface area contributed by atoms with Gasteiger partial charge in [0.1, 0.15) is 17.3 Å². The first-order chi connectivity index (χ1) is 12.3. The molecule has 25 heavy (non-hydrogen) atoms. The standard InChI is InChI=1S/C18H15N5OS/c1-12-22-17(13-5-3-2-4-6-13)18(25-12)24-15-7-8-19-16(9-15)23-14-10-20-21-11-14/h2-11H,1H3,(H,19,23)(H,20,21). The van der Waals surface area contributed by atoms with Crippen molar-refractivity contribution in [1.82, 2.24) is 20.2 Å². The molecule has 0 saturated heterocycles. The van der Waals surface area contributed by atoms with E-state index in [4.69, 9.17) is 4.74 Å². The van der Waals surface area contributed by atoms with E-state index in [1.54, 1.807) is 18.6 Å². The highest BCUT2D eigenvalue weighted by atomic mass is 32.1. The van der Waals surface area contributed by atoms with E-state index in [0.717, 1.165) is 27.0 Å². The number of nitrogens with zero attached hydrogens (tertiary/aromatic N) is 3. The fraction of sp³-hybridized carbons (Fsp3) is 0.0556. The van der Waals surface area contributed by atoms with Gasteiger partial charge in [0, 0.05) is 24.0 Å². The molecule has 0 spiro atoms. The molecule has 4 rings (SSSR count). The van der Waals surface area contributed by atoms with Gasteiger partial charge in [0.05, 0.1) is 16.9 Å². The van der Waals surface area contributed by atoms with Gasteiger partial charge in [-0.2, -0.15) is 5.10 Å². The molecular formula is C18H15N5OS. The zero-order chi connectivity index (χ0) is 17.1. The van der Waals surface area contributed by atoms with Crippen LogP contribution in [0.5, 0.6) is 10.8 Å². The average molecular weight is 349 g/mol. The van der Waals surface area contributed by atoms with E-state index in [-0.39, 0.29) is 0 Å². The summed E-state index contributed by atoms with van der Waals surface area (Å²) in [4.78, 5) is 8.91. The van der Waals surface area contributed by atoms with Gasteiger partial charge in [-0.25, -0.2) is 9.97 Å². The molecule has 0 aliphatic rings. The molecular weight excluding hydrogens is 334 g/mol. The summed E-state index contributed by atoms with van der Waals surface area (Å²) in [6.07, 6.45) is 5.15. The van der Waals surface area contributed by atoms with Crippen LogP contribution in [0.25, 0.3) is 11.3 Å². The highest BCUT2D eigenvalue weighted by Crippen LogP contribution is 2.38. The number of aromatic nitrogens is 4. The van der Waals surface area contributed by atoms with E-state index < -0.39 is 0 Å². The fourth-order valence-corrected chi connectivity index (χ4v) is 3.18. The van der Waals surface area contributed by atoms with E-state index in [0.29, 0.717) is 11.6 Å². The molecule has 0 fully saturated rings. The van der Waals surface area contributed by atoms with Crippen LogP contribution in [-0.2, 0) is 0 Å². The lowest BCUT2D eigenvalue weighted by Gasteiger charge is -2.07. The first-order valence-corrected chi connectivity index (χ1v) is 8.52. The summed E-state index contributed by atoms with van der Waals surface area (Å²) < 4.78 is 6.10. The third kappa shape index (κ3) is 3.51. The Kier molecular flexibility index (Phi) is 4.14. The molecule has 0 bridgehead atoms. The second kappa shape index (κ2) is 6.74. The Labute approximate surface area is 148 Å². The molecule has 1 aromatic carbocycles. The first kappa shape index (κ1) is 15.3. The predicted molar refractivity (Wildman–Crippen MR) is 98.5 cm³/mol. The summed E-state index contributed by atoms with van der Waals surface area (Å²) in [7, 11) is 0. The third-order valence-corrected chi connectivity index (χ3v) is 4.31. The maximum atomic E-state index is 6.10. The van der Waals surface area contributed by atoms with Gasteiger partial charge in [-0.15, -0.1) is 0 Å². The monoisotopic (exact) mass is 349 g/mol. The maximum absolute atomic E-state index is 6.10. The maximum Gasteiger partial charge on any atom is 0.208 e. The topological polar surface area (TPSA) is 75.7 Å². The minimum absolute atomic E-state index is 0.682. The molecule has 3 aromatic heterocycles. The van der Waals surface area contributed by atoms with Crippen LogP contribution in [0.4, 0.5) is 11.5 Å². The van der Waals surface area contributed by atoms with E-state index in [1.165, 1.54) is 11.3 Å². The number of benzene rings is 1. The summed E-state index contributed by atoms with van der Waals surface area (Å²) in [5, 5.41) is 11.5. The fourth-order valence-electron chi connectivity index (χ4n) is 2.37. The molecule has 0 unspecified atom stereocenters. The van der Waals surface area contributed by atoms with Gasteiger partial charge in [0.2, 0.25) is 5.06 Å². The number of hydrogen-bond donors (Lipinski definition) is 2. The Morgan fingerprint density at radius 1 is 1.16 bits per heavy atom. The van der Waals surface area contributed by atoms with E-state index in [9.17, 15) is 0 Å². The number of rotatable bonds is 5. The van der Waals surface area contributed by atoms with Crippen LogP contribution >= 0.6 is 11.3 Å². The van der Waals surface area contributed by atoms with Gasteiger partial charge in [-0.1, -0.05) is 41.7 Å². The number of pyridine rings is 1. The van der Waals surface area contributed by atoms with Crippen molar-refractivity contribution in [2.45, 2.75) is 6.92 Å². The third-order valence-electron chi connectivity index (χ3n) is 3.46. The SMILES string of the molecule is Cc1nc(-c2ccccc2)c(Oc2ccnc(Nc3cn[nH]c3)c2)s1. The Balaban J connectivity index is 1.61. The summed E-state index contributed by atoms with van der Waals surface area (Å²) in [6.45, 7) is 1.97. The van der Waals surface area contributed by atoms with Crippen molar-refractivity contribution in [2.75, 3.05) is 5.32 Å². The number of aryl methyl sites for hydroxylation is 1. The Morgan fingerprint density at radius 3 is 2.84 bits per heavy atom. The number of hydrogen-bond acceptors (Lipinski definition) is 6. The number of anilines is 2. The number of ether oxygens (including phenoxy) is 1. The number of nitrogens with one attached hydrogen (secondary N) is 2. The lowest BCUT2D eigenvalue weighted by molar-refractivity contribution is 0.496. The highest BCUT2D eigenvalue weighted by molar-refractivity contribution is 7.13. The second-order valence-corrected chi connectivity index (χ2v) is 6.49. The lowest BCUT2D eigenvalue weighted by Crippen LogP contribution is -1.93. The molecule has 2 N–H and O–H groups in total. The zero-order valence-electron chi connectivity index (χ0n) is 13.4. The van der Waals surface area contributed by atoms with Gasteiger partial charge in [0.15, 0.2) is 0 Å². The smallest absolute Gasteiger partial charge is 0.208 e. The van der Waals surface area contributed by atoms with Crippen molar-refractivity contribution in [2.24, 2.45) is 0 Å². The van der Waals surface area contributed by atoms with Crippen LogP contribution in [0.3, 0.4) is 0 Å². The predicted octanol–water partition coefficient (Wildman–Crippen LogP) is 4.77. The van der Waals surface area contributed by atoms with Gasteiger partial charge in [0.25, 0.3) is 0 Å². The van der Waals surface area contributed by atoms with Crippen molar-refractivity contribution < 1.29 is 4.74 Å². The summed E-state index contributed by atoms with van der Waals surface area (Å²) in [6, 6.07) is 13.7. The molecule has 0 atom stereocenters. The van der Waals surface area contributed by atoms with Gasteiger partial charge in [-0.3, -0.25) is 5.10 Å². The quantitative estimate of drug-likeness (QED) is 0.543. The molecule has 0 aliphatic heterocycles. The normalized spacial score (nSPS) is 10.6. The van der Waals surface area contributed by atoms with Crippen LogP contribution in [0.15, 0.2) is 61.1 Å². The van der Waals surface area contributed by atoms with Crippen LogP contribution in [0, 0.1) is 6.92 Å². The van der Waals surface area contributed by atoms with E-state index in [1.807, 2.05) is 49.4 Å². The molecule has 6 nitrogen and oxygen atoms in total. The average Bonchev–Trinajstić information content (AvgIpc) is 3.26. The van der Waals surface area contributed by atoms with E-state index in [2.05, 4.69) is 25.5 Å². The molecule has 0 saturated carbocycles.